The maximum absolute atomic E-state index is 16.4. The molecule has 538 valence electrons. The van der Waals surface area contributed by atoms with Crippen LogP contribution in [0.1, 0.15) is 160 Å². The fourth-order valence-corrected chi connectivity index (χ4v) is 16.2. The lowest BCUT2D eigenvalue weighted by Crippen LogP contribution is -2.61. The average molecular weight is 1320 g/mol. The van der Waals surface area contributed by atoms with Crippen LogP contribution >= 0.6 is 0 Å². The third kappa shape index (κ3) is 20.0. The van der Waals surface area contributed by atoms with Gasteiger partial charge in [-0.2, -0.15) is 0 Å². The number of hydrogen-bond donors (Lipinski definition) is 2. The molecular formula is C71H129N7O15. The van der Waals surface area contributed by atoms with Crippen LogP contribution in [0.3, 0.4) is 0 Å². The van der Waals surface area contributed by atoms with E-state index in [1.54, 1.807) is 55.8 Å². The zero-order valence-electron chi connectivity index (χ0n) is 61.3. The molecule has 0 spiro atoms. The Bertz CT molecular complexity index is 2370. The Labute approximate surface area is 560 Å². The lowest BCUT2D eigenvalue weighted by Gasteiger charge is -2.47. The number of likely N-dealkylation sites (tertiary alicyclic amines) is 2. The molecule has 5 aliphatic heterocycles. The number of cyclic esters (lactones) is 2. The molecule has 1 unspecified atom stereocenters. The Morgan fingerprint density at radius 3 is 1.97 bits per heavy atom. The van der Waals surface area contributed by atoms with Gasteiger partial charge in [-0.15, -0.1) is 0 Å². The number of amides is 1. The maximum Gasteiger partial charge on any atom is 0.319 e. The van der Waals surface area contributed by atoms with Gasteiger partial charge in [0.2, 0.25) is 5.91 Å². The highest BCUT2D eigenvalue weighted by Gasteiger charge is 2.55. The lowest BCUT2D eigenvalue weighted by atomic mass is 9.69. The summed E-state index contributed by atoms with van der Waals surface area (Å²) < 4.78 is 53.4. The number of likely N-dealkylation sites (N-methyl/N-ethyl adjacent to an activating group) is 4. The minimum Gasteiger partial charge on any atom is -0.463 e. The molecule has 22 nitrogen and oxygen atoms in total. The van der Waals surface area contributed by atoms with Crippen LogP contribution in [0.15, 0.2) is 0 Å². The van der Waals surface area contributed by atoms with Crippen molar-refractivity contribution in [2.24, 2.45) is 46.3 Å². The molecule has 1 amide bonds. The predicted molar refractivity (Wildman–Crippen MR) is 358 cm³/mol. The number of ketones is 2. The van der Waals surface area contributed by atoms with Crippen LogP contribution in [0.5, 0.6) is 0 Å². The van der Waals surface area contributed by atoms with Crippen molar-refractivity contribution >= 4 is 29.4 Å². The van der Waals surface area contributed by atoms with Gasteiger partial charge in [-0.05, 0) is 226 Å². The second kappa shape index (κ2) is 34.8. The number of aliphatic hydroxyl groups excluding tert-OH is 2. The van der Waals surface area contributed by atoms with E-state index in [0.717, 1.165) is 44.8 Å². The van der Waals surface area contributed by atoms with E-state index < -0.39 is 82.5 Å². The fourth-order valence-electron chi connectivity index (χ4n) is 16.2. The van der Waals surface area contributed by atoms with Gasteiger partial charge in [-0.1, -0.05) is 27.2 Å². The summed E-state index contributed by atoms with van der Waals surface area (Å²) in [6.45, 7) is 26.2. The fraction of sp³-hybridized carbons (Fsp3) is 0.930. The van der Waals surface area contributed by atoms with E-state index in [2.05, 4.69) is 28.7 Å². The van der Waals surface area contributed by atoms with Crippen molar-refractivity contribution in [1.29, 1.82) is 0 Å². The number of ether oxygens (including phenoxy) is 8. The van der Waals surface area contributed by atoms with Crippen molar-refractivity contribution in [2.75, 3.05) is 142 Å². The molecule has 22 heteroatoms. The quantitative estimate of drug-likeness (QED) is 0.0634. The largest absolute Gasteiger partial charge is 0.463 e. The van der Waals surface area contributed by atoms with Gasteiger partial charge in [0.1, 0.15) is 30.1 Å². The maximum atomic E-state index is 16.4. The minimum absolute atomic E-state index is 0.00494. The third-order valence-corrected chi connectivity index (χ3v) is 22.8. The monoisotopic (exact) mass is 1320 g/mol. The van der Waals surface area contributed by atoms with Crippen molar-refractivity contribution in [3.8, 4) is 0 Å². The third-order valence-electron chi connectivity index (χ3n) is 22.8. The molecule has 5 heterocycles. The highest BCUT2D eigenvalue weighted by Crippen LogP contribution is 2.44. The predicted octanol–water partition coefficient (Wildman–Crippen LogP) is 6.09. The topological polar surface area (TPSA) is 222 Å². The number of piperidine rings is 1. The van der Waals surface area contributed by atoms with Crippen LogP contribution in [0.2, 0.25) is 0 Å². The number of nitrogens with zero attached hydrogens (tertiary/aromatic N) is 7. The standard InChI is InChI=1S/C71H129N7O15/c1-21-31-77-32-23-29-70(10,86-19)63(93-65-60(81)56(74(16)17)36-47(3)91-65)49(5)62(83)69(9,67(85)89-45-58(77)54-40-78(41-54)59(80)42-72(12)13)30-26-52-37-71(11,87-20)64(92-50(6)90-46(2)35-55(43-79)73(14)15)48(4)61(82)68(7,8)66(84)88-44-57(75(18)38-52)53-27-33-76(34-28-53)39-51-24-22-25-51/h46-58,60,63-65,79,81H,21-45H2,1-20H3/t46-,47-,48+,49+,50+,52-,55+,56+,57-,58+,60-,63-,64-,65+,69?,70-,71-/m1/s1. The minimum atomic E-state index is -1.80. The highest BCUT2D eigenvalue weighted by atomic mass is 16.7. The normalized spacial score (nSPS) is 35.7. The summed E-state index contributed by atoms with van der Waals surface area (Å²) in [5.74, 6) is -3.43. The zero-order valence-corrected chi connectivity index (χ0v) is 61.3. The van der Waals surface area contributed by atoms with Gasteiger partial charge >= 0.3 is 11.9 Å². The van der Waals surface area contributed by atoms with Crippen molar-refractivity contribution in [3.05, 3.63) is 0 Å². The van der Waals surface area contributed by atoms with Gasteiger partial charge in [0.25, 0.3) is 0 Å². The van der Waals surface area contributed by atoms with Crippen molar-refractivity contribution in [2.45, 2.75) is 238 Å². The first-order valence-corrected chi connectivity index (χ1v) is 35.5. The first kappa shape index (κ1) is 79.2. The Balaban J connectivity index is 1.46. The van der Waals surface area contributed by atoms with Crippen LogP contribution in [0.25, 0.3) is 0 Å². The molecule has 1 aliphatic carbocycles. The molecule has 0 bridgehead atoms. The van der Waals surface area contributed by atoms with E-state index in [-0.39, 0.29) is 105 Å². The molecule has 6 fully saturated rings. The van der Waals surface area contributed by atoms with Gasteiger partial charge in [0.05, 0.1) is 54.8 Å². The first-order chi connectivity index (χ1) is 43.7. The first-order valence-electron chi connectivity index (χ1n) is 35.5. The summed E-state index contributed by atoms with van der Waals surface area (Å²) in [6, 6.07) is -0.980. The van der Waals surface area contributed by atoms with Crippen LogP contribution in [-0.2, 0) is 61.9 Å². The van der Waals surface area contributed by atoms with Gasteiger partial charge in [0.15, 0.2) is 24.1 Å². The number of aliphatic hydroxyl groups is 2. The molecule has 17 atom stereocenters. The summed E-state index contributed by atoms with van der Waals surface area (Å²) in [7, 11) is 16.7. The van der Waals surface area contributed by atoms with Crippen molar-refractivity contribution in [1.82, 2.24) is 34.3 Å². The molecule has 6 rings (SSSR count). The number of rotatable bonds is 24. The second-order valence-corrected chi connectivity index (χ2v) is 31.3. The Morgan fingerprint density at radius 1 is 0.774 bits per heavy atom. The van der Waals surface area contributed by atoms with E-state index >= 15 is 14.4 Å². The summed E-state index contributed by atoms with van der Waals surface area (Å²) in [5.41, 5.74) is -5.75. The van der Waals surface area contributed by atoms with E-state index in [1.807, 2.05) is 89.6 Å². The van der Waals surface area contributed by atoms with Crippen molar-refractivity contribution in [3.63, 3.8) is 0 Å². The Hall–Kier alpha value is -2.81. The average Bonchev–Trinajstić information content (AvgIpc) is 1.65. The highest BCUT2D eigenvalue weighted by molar-refractivity contribution is 6.05. The van der Waals surface area contributed by atoms with Crippen molar-refractivity contribution < 1.29 is 72.1 Å². The molecule has 93 heavy (non-hydrogen) atoms. The van der Waals surface area contributed by atoms with Gasteiger partial charge < -0.3 is 72.6 Å². The molecule has 5 saturated heterocycles. The molecule has 6 aliphatic rings. The molecular weight excluding hydrogens is 1190 g/mol. The van der Waals surface area contributed by atoms with Crippen LogP contribution in [-0.4, -0.2) is 295 Å². The zero-order chi connectivity index (χ0) is 69.1. The van der Waals surface area contributed by atoms with E-state index in [1.165, 1.54) is 19.3 Å². The van der Waals surface area contributed by atoms with Crippen LogP contribution in [0, 0.1) is 46.3 Å². The number of carbonyl (C=O) groups is 5. The van der Waals surface area contributed by atoms with E-state index in [0.29, 0.717) is 64.8 Å². The van der Waals surface area contributed by atoms with Gasteiger partial charge in [-0.25, -0.2) is 0 Å². The number of carbonyl (C=O) groups excluding carboxylic acids is 5. The van der Waals surface area contributed by atoms with E-state index in [9.17, 15) is 19.8 Å². The summed E-state index contributed by atoms with van der Waals surface area (Å²) in [4.78, 5) is 90.5. The van der Waals surface area contributed by atoms with Gasteiger partial charge in [-0.3, -0.25) is 33.8 Å². The summed E-state index contributed by atoms with van der Waals surface area (Å²) in [6.07, 6.45) is 3.49. The SMILES string of the molecule is CCCN1CCC[C@@](C)(OC)[C@H](O[C@@H]2O[C@H](C)C[C@H](N(C)C)[C@H]2O)[C@@H](C)C(=O)C(C)(CC[C@H]2CN(C)[C@@H](C3CCN(CC4CCC4)CC3)COC(=O)C(C)(C)C(=O)[C@H](C)[C@@H](O[C@@H](C)O[C@H](C)C[C@@H](CO)N(C)C)[C@](C)(OC)C2)C(=O)OC[C@H]1C1CN(C(=O)CN(C)C)C1. The van der Waals surface area contributed by atoms with Crippen LogP contribution in [0.4, 0.5) is 0 Å². The molecule has 0 aromatic heterocycles. The Morgan fingerprint density at radius 2 is 1.40 bits per heavy atom. The second-order valence-electron chi connectivity index (χ2n) is 31.3. The molecule has 0 aromatic carbocycles. The number of Topliss-reactive ketones (excluding diaryl/α,β-unsaturated/α-hetero) is 2. The summed E-state index contributed by atoms with van der Waals surface area (Å²) >= 11 is 0. The molecule has 1 saturated carbocycles. The van der Waals surface area contributed by atoms with Crippen LogP contribution < -0.4 is 0 Å². The number of methoxy groups -OCH3 is 2. The molecule has 2 N–H and O–H groups in total. The number of hydrogen-bond acceptors (Lipinski definition) is 21. The lowest BCUT2D eigenvalue weighted by molar-refractivity contribution is -0.295. The molecule has 0 aromatic rings. The smallest absolute Gasteiger partial charge is 0.319 e. The van der Waals surface area contributed by atoms with E-state index in [4.69, 9.17) is 37.9 Å². The summed E-state index contributed by atoms with van der Waals surface area (Å²) in [5, 5.41) is 22.3. The Kier molecular flexibility index (Phi) is 29.6. The van der Waals surface area contributed by atoms with Gasteiger partial charge in [0, 0.05) is 76.3 Å². The molecule has 0 radical (unpaired) electrons. The number of esters is 2.